The molecule has 1 aromatic heterocycles. The molecule has 0 aliphatic carbocycles. The molecule has 7 nitrogen and oxygen atoms in total. The molecule has 7 heteroatoms. The van der Waals surface area contributed by atoms with Crippen molar-refractivity contribution in [2.24, 2.45) is 0 Å². The van der Waals surface area contributed by atoms with E-state index in [0.29, 0.717) is 28.5 Å². The first kappa shape index (κ1) is 18.1. The van der Waals surface area contributed by atoms with Gasteiger partial charge in [-0.2, -0.15) is 0 Å². The van der Waals surface area contributed by atoms with Crippen LogP contribution in [0.5, 0.6) is 23.0 Å². The molecule has 1 heterocycles. The third-order valence-corrected chi connectivity index (χ3v) is 3.48. The molecule has 0 saturated carbocycles. The number of aromatic nitrogens is 1. The summed E-state index contributed by atoms with van der Waals surface area (Å²) < 4.78 is 20.6. The highest BCUT2D eigenvalue weighted by Crippen LogP contribution is 2.38. The van der Waals surface area contributed by atoms with E-state index in [1.807, 2.05) is 0 Å². The lowest BCUT2D eigenvalue weighted by Gasteiger charge is -2.13. The van der Waals surface area contributed by atoms with Crippen LogP contribution in [0.4, 0.5) is 0 Å². The summed E-state index contributed by atoms with van der Waals surface area (Å²) in [4.78, 5) is 27.0. The molecule has 0 radical (unpaired) electrons. The summed E-state index contributed by atoms with van der Waals surface area (Å²) in [7, 11) is 5.85. The van der Waals surface area contributed by atoms with Gasteiger partial charge < -0.3 is 23.9 Å². The van der Waals surface area contributed by atoms with Crippen molar-refractivity contribution in [3.05, 3.63) is 52.0 Å². The molecule has 0 fully saturated rings. The second-order valence-electron chi connectivity index (χ2n) is 4.93. The van der Waals surface area contributed by atoms with Gasteiger partial charge in [0.25, 0.3) is 0 Å². The first-order chi connectivity index (χ1) is 12.0. The van der Waals surface area contributed by atoms with Crippen LogP contribution in [0.1, 0.15) is 16.1 Å². The molecule has 0 amide bonds. The Morgan fingerprint density at radius 2 is 1.52 bits per heavy atom. The third kappa shape index (κ3) is 4.00. The number of hydrogen-bond donors (Lipinski definition) is 1. The number of hydrogen-bond acceptors (Lipinski definition) is 6. The Kier molecular flexibility index (Phi) is 5.84. The number of H-pyrrole nitrogens is 1. The summed E-state index contributed by atoms with van der Waals surface area (Å²) in [6.45, 7) is 0. The van der Waals surface area contributed by atoms with E-state index < -0.39 is 0 Å². The van der Waals surface area contributed by atoms with Gasteiger partial charge in [-0.1, -0.05) is 0 Å². The Bertz CT molecular complexity index is 828. The van der Waals surface area contributed by atoms with Gasteiger partial charge in [-0.25, -0.2) is 0 Å². The van der Waals surface area contributed by atoms with E-state index in [1.54, 1.807) is 12.1 Å². The van der Waals surface area contributed by atoms with Crippen molar-refractivity contribution >= 4 is 11.9 Å². The monoisotopic (exact) mass is 345 g/mol. The van der Waals surface area contributed by atoms with Gasteiger partial charge in [0.15, 0.2) is 23.0 Å². The Morgan fingerprint density at radius 1 is 0.920 bits per heavy atom. The van der Waals surface area contributed by atoms with E-state index in [-0.39, 0.29) is 17.0 Å². The van der Waals surface area contributed by atoms with Crippen LogP contribution in [0.2, 0.25) is 0 Å². The standard InChI is InChI=1S/C18H19NO6/c1-22-15-7-11(8-16(23-2)18(15)25-4)13(20)6-5-12-9-14(21)17(24-3)10-19-12/h5-10H,1-4H3,(H,19,21)/b6-5+. The van der Waals surface area contributed by atoms with E-state index in [9.17, 15) is 9.59 Å². The zero-order valence-corrected chi connectivity index (χ0v) is 14.4. The predicted molar refractivity (Wildman–Crippen MR) is 93.1 cm³/mol. The number of aromatic amines is 1. The number of carbonyl (C=O) groups is 1. The summed E-state index contributed by atoms with van der Waals surface area (Å²) in [6.07, 6.45) is 4.29. The maximum atomic E-state index is 12.4. The van der Waals surface area contributed by atoms with Gasteiger partial charge in [-0.3, -0.25) is 9.59 Å². The molecule has 0 unspecified atom stereocenters. The molecule has 1 aromatic carbocycles. The van der Waals surface area contributed by atoms with Crippen molar-refractivity contribution in [3.63, 3.8) is 0 Å². The summed E-state index contributed by atoms with van der Waals surface area (Å²) in [5, 5.41) is 0. The predicted octanol–water partition coefficient (Wildman–Crippen LogP) is 2.31. The van der Waals surface area contributed by atoms with Gasteiger partial charge in [0.2, 0.25) is 11.2 Å². The molecule has 0 atom stereocenters. The van der Waals surface area contributed by atoms with Crippen LogP contribution in [-0.4, -0.2) is 39.2 Å². The zero-order chi connectivity index (χ0) is 18.4. The minimum atomic E-state index is -0.282. The number of benzene rings is 1. The van der Waals surface area contributed by atoms with Crippen molar-refractivity contribution in [1.82, 2.24) is 4.98 Å². The second kappa shape index (κ2) is 8.05. The van der Waals surface area contributed by atoms with Crippen LogP contribution >= 0.6 is 0 Å². The van der Waals surface area contributed by atoms with Crippen LogP contribution in [0.3, 0.4) is 0 Å². The molecular weight excluding hydrogens is 326 g/mol. The summed E-state index contributed by atoms with van der Waals surface area (Å²) in [5.74, 6) is 1.10. The number of pyridine rings is 1. The molecule has 1 N–H and O–H groups in total. The summed E-state index contributed by atoms with van der Waals surface area (Å²) >= 11 is 0. The lowest BCUT2D eigenvalue weighted by molar-refractivity contribution is 0.104. The van der Waals surface area contributed by atoms with E-state index in [2.05, 4.69) is 4.98 Å². The number of ketones is 1. The highest BCUT2D eigenvalue weighted by Gasteiger charge is 2.15. The van der Waals surface area contributed by atoms with Gasteiger partial charge in [-0.05, 0) is 24.3 Å². The average Bonchev–Trinajstić information content (AvgIpc) is 2.64. The molecule has 0 saturated heterocycles. The molecule has 2 rings (SSSR count). The van der Waals surface area contributed by atoms with Crippen molar-refractivity contribution in [3.8, 4) is 23.0 Å². The highest BCUT2D eigenvalue weighted by atomic mass is 16.5. The first-order valence-corrected chi connectivity index (χ1v) is 7.33. The van der Waals surface area contributed by atoms with Crippen molar-refractivity contribution in [1.29, 1.82) is 0 Å². The maximum Gasteiger partial charge on any atom is 0.223 e. The van der Waals surface area contributed by atoms with Crippen LogP contribution in [0, 0.1) is 0 Å². The topological polar surface area (TPSA) is 86.9 Å². The summed E-state index contributed by atoms with van der Waals surface area (Å²) in [6, 6.07) is 4.47. The molecule has 25 heavy (non-hydrogen) atoms. The van der Waals surface area contributed by atoms with Gasteiger partial charge in [0.1, 0.15) is 0 Å². The van der Waals surface area contributed by atoms with Gasteiger partial charge in [-0.15, -0.1) is 0 Å². The lowest BCUT2D eigenvalue weighted by Crippen LogP contribution is -2.05. The van der Waals surface area contributed by atoms with Crippen molar-refractivity contribution in [2.75, 3.05) is 28.4 Å². The molecule has 0 bridgehead atoms. The van der Waals surface area contributed by atoms with Crippen LogP contribution < -0.4 is 24.4 Å². The van der Waals surface area contributed by atoms with Crippen LogP contribution in [-0.2, 0) is 0 Å². The Labute approximate surface area is 144 Å². The minimum Gasteiger partial charge on any atom is -0.493 e. The number of carbonyl (C=O) groups excluding carboxylic acids is 1. The zero-order valence-electron chi connectivity index (χ0n) is 14.4. The number of ether oxygens (including phenoxy) is 4. The fraction of sp³-hybridized carbons (Fsp3) is 0.222. The number of rotatable bonds is 7. The number of methoxy groups -OCH3 is 4. The Morgan fingerprint density at radius 3 is 2.00 bits per heavy atom. The molecule has 0 aliphatic rings. The average molecular weight is 345 g/mol. The van der Waals surface area contributed by atoms with E-state index >= 15 is 0 Å². The quantitative estimate of drug-likeness (QED) is 0.612. The van der Waals surface area contributed by atoms with Crippen molar-refractivity contribution in [2.45, 2.75) is 0 Å². The summed E-state index contributed by atoms with van der Waals surface area (Å²) in [5.41, 5.74) is 0.564. The largest absolute Gasteiger partial charge is 0.493 e. The highest BCUT2D eigenvalue weighted by molar-refractivity contribution is 6.07. The van der Waals surface area contributed by atoms with Crippen LogP contribution in [0.15, 0.2) is 35.3 Å². The number of nitrogens with one attached hydrogen (secondary N) is 1. The molecule has 2 aromatic rings. The lowest BCUT2D eigenvalue weighted by atomic mass is 10.1. The fourth-order valence-corrected chi connectivity index (χ4v) is 2.21. The number of allylic oxidation sites excluding steroid dienone is 1. The molecule has 0 aliphatic heterocycles. The van der Waals surface area contributed by atoms with Gasteiger partial charge >= 0.3 is 0 Å². The van der Waals surface area contributed by atoms with E-state index in [1.165, 1.54) is 52.9 Å². The fourth-order valence-electron chi connectivity index (χ4n) is 2.21. The maximum absolute atomic E-state index is 12.4. The van der Waals surface area contributed by atoms with E-state index in [4.69, 9.17) is 18.9 Å². The first-order valence-electron chi connectivity index (χ1n) is 7.33. The SMILES string of the molecule is COc1cc(C(=O)/C=C/c2cc(=O)c(OC)c[nH]2)cc(OC)c1OC. The molecular formula is C18H19NO6. The minimum absolute atomic E-state index is 0.202. The third-order valence-electron chi connectivity index (χ3n) is 3.48. The Balaban J connectivity index is 2.31. The van der Waals surface area contributed by atoms with E-state index in [0.717, 1.165) is 0 Å². The second-order valence-corrected chi connectivity index (χ2v) is 4.93. The van der Waals surface area contributed by atoms with Crippen molar-refractivity contribution < 1.29 is 23.7 Å². The smallest absolute Gasteiger partial charge is 0.223 e. The van der Waals surface area contributed by atoms with Gasteiger partial charge in [0, 0.05) is 23.5 Å². The van der Waals surface area contributed by atoms with Gasteiger partial charge in [0.05, 0.1) is 28.4 Å². The molecule has 0 spiro atoms. The Hall–Kier alpha value is -3.22. The normalized spacial score (nSPS) is 10.6. The molecule has 132 valence electrons. The van der Waals surface area contributed by atoms with Crippen LogP contribution in [0.25, 0.3) is 6.08 Å².